The standard InChI is InChI=1S/C22H18ClN3O2.C4H10O/c1-13-6-8-15(9-7-13)22-18(11-21(27)28)14(2)24-20-12-19(25-26(20)22)16-4-3-5-17(23)10-16;1-4(2,3)5/h3-10,12H,11H2,1-2H3,(H,27,28);5H,1-3H3. The first-order valence-corrected chi connectivity index (χ1v) is 11.0. The van der Waals surface area contributed by atoms with Crippen LogP contribution in [-0.2, 0) is 11.2 Å². The minimum atomic E-state index is -0.903. The second kappa shape index (κ2) is 9.73. The maximum absolute atomic E-state index is 11.5. The van der Waals surface area contributed by atoms with E-state index in [1.54, 1.807) is 25.3 Å². The molecule has 172 valence electrons. The van der Waals surface area contributed by atoms with Gasteiger partial charge in [-0.25, -0.2) is 9.50 Å². The van der Waals surface area contributed by atoms with Gasteiger partial charge in [0.05, 0.1) is 23.4 Å². The fourth-order valence-corrected chi connectivity index (χ4v) is 3.50. The molecule has 0 saturated carbocycles. The molecule has 0 unspecified atom stereocenters. The van der Waals surface area contributed by atoms with Gasteiger partial charge < -0.3 is 10.2 Å². The second-order valence-corrected chi connectivity index (χ2v) is 9.38. The molecule has 2 N–H and O–H groups in total. The Balaban J connectivity index is 0.000000555. The van der Waals surface area contributed by atoms with Crippen LogP contribution in [0.1, 0.15) is 37.6 Å². The molecular weight excluding hydrogens is 438 g/mol. The molecule has 0 bridgehead atoms. The van der Waals surface area contributed by atoms with Gasteiger partial charge in [-0.3, -0.25) is 4.79 Å². The molecule has 0 radical (unpaired) electrons. The number of aromatic nitrogens is 3. The zero-order chi connectivity index (χ0) is 24.3. The Morgan fingerprint density at radius 3 is 2.24 bits per heavy atom. The van der Waals surface area contributed by atoms with Crippen LogP contribution in [0.5, 0.6) is 0 Å². The van der Waals surface area contributed by atoms with Crippen molar-refractivity contribution in [1.29, 1.82) is 0 Å². The Hall–Kier alpha value is -3.22. The van der Waals surface area contributed by atoms with Crippen molar-refractivity contribution in [1.82, 2.24) is 14.6 Å². The Kier molecular flexibility index (Phi) is 7.20. The number of hydrogen-bond acceptors (Lipinski definition) is 4. The molecular formula is C26H28ClN3O3. The predicted molar refractivity (Wildman–Crippen MR) is 132 cm³/mol. The highest BCUT2D eigenvalue weighted by atomic mass is 35.5. The van der Waals surface area contributed by atoms with Crippen LogP contribution in [-0.4, -0.2) is 36.4 Å². The van der Waals surface area contributed by atoms with Gasteiger partial charge in [0.2, 0.25) is 0 Å². The third kappa shape index (κ3) is 6.40. The number of benzene rings is 2. The lowest BCUT2D eigenvalue weighted by Crippen LogP contribution is -2.10. The number of aliphatic carboxylic acids is 1. The summed E-state index contributed by atoms with van der Waals surface area (Å²) in [5, 5.41) is 23.3. The van der Waals surface area contributed by atoms with Gasteiger partial charge in [0.1, 0.15) is 0 Å². The minimum Gasteiger partial charge on any atom is -0.481 e. The van der Waals surface area contributed by atoms with Crippen LogP contribution in [0.2, 0.25) is 5.02 Å². The number of carbonyl (C=O) groups is 1. The van der Waals surface area contributed by atoms with Gasteiger partial charge in [-0.1, -0.05) is 53.6 Å². The van der Waals surface area contributed by atoms with E-state index < -0.39 is 11.6 Å². The summed E-state index contributed by atoms with van der Waals surface area (Å²) in [5.41, 5.74) is 5.90. The van der Waals surface area contributed by atoms with Crippen LogP contribution in [0.3, 0.4) is 0 Å². The van der Waals surface area contributed by atoms with Gasteiger partial charge in [-0.15, -0.1) is 0 Å². The molecule has 0 fully saturated rings. The van der Waals surface area contributed by atoms with Crippen molar-refractivity contribution in [3.8, 4) is 22.5 Å². The van der Waals surface area contributed by atoms with E-state index >= 15 is 0 Å². The first-order chi connectivity index (χ1) is 15.4. The van der Waals surface area contributed by atoms with Crippen molar-refractivity contribution in [2.24, 2.45) is 0 Å². The summed E-state index contributed by atoms with van der Waals surface area (Å²) in [7, 11) is 0. The van der Waals surface area contributed by atoms with E-state index in [1.807, 2.05) is 68.4 Å². The maximum Gasteiger partial charge on any atom is 0.307 e. The van der Waals surface area contributed by atoms with Crippen molar-refractivity contribution in [3.05, 3.63) is 76.4 Å². The number of rotatable bonds is 4. The lowest BCUT2D eigenvalue weighted by molar-refractivity contribution is -0.136. The number of nitrogens with zero attached hydrogens (tertiary/aromatic N) is 3. The van der Waals surface area contributed by atoms with E-state index in [0.29, 0.717) is 21.9 Å². The smallest absolute Gasteiger partial charge is 0.307 e. The van der Waals surface area contributed by atoms with Crippen molar-refractivity contribution in [2.45, 2.75) is 46.6 Å². The fourth-order valence-electron chi connectivity index (χ4n) is 3.31. The molecule has 2 aromatic carbocycles. The molecule has 6 nitrogen and oxygen atoms in total. The lowest BCUT2D eigenvalue weighted by Gasteiger charge is -2.13. The lowest BCUT2D eigenvalue weighted by atomic mass is 10.0. The van der Waals surface area contributed by atoms with Crippen molar-refractivity contribution in [3.63, 3.8) is 0 Å². The fraction of sp³-hybridized carbons (Fsp3) is 0.269. The number of hydrogen-bond donors (Lipinski definition) is 2. The third-order valence-corrected chi connectivity index (χ3v) is 4.92. The van der Waals surface area contributed by atoms with Gasteiger partial charge in [0.25, 0.3) is 0 Å². The molecule has 0 aliphatic heterocycles. The van der Waals surface area contributed by atoms with E-state index in [9.17, 15) is 9.90 Å². The first kappa shape index (κ1) is 24.4. The highest BCUT2D eigenvalue weighted by Gasteiger charge is 2.19. The SMILES string of the molecule is CC(C)(C)O.Cc1ccc(-c2c(CC(=O)O)c(C)nc3cc(-c4cccc(Cl)c4)nn23)cc1. The predicted octanol–water partition coefficient (Wildman–Crippen LogP) is 5.74. The molecule has 0 aliphatic rings. The molecule has 0 atom stereocenters. The van der Waals surface area contributed by atoms with Gasteiger partial charge in [-0.2, -0.15) is 5.10 Å². The number of carboxylic acids is 1. The van der Waals surface area contributed by atoms with Gasteiger partial charge in [0, 0.05) is 33.5 Å². The van der Waals surface area contributed by atoms with Gasteiger partial charge in [-0.05, 0) is 46.8 Å². The van der Waals surface area contributed by atoms with E-state index in [4.69, 9.17) is 21.8 Å². The zero-order valence-electron chi connectivity index (χ0n) is 19.4. The molecule has 0 aliphatic carbocycles. The minimum absolute atomic E-state index is 0.121. The molecule has 0 amide bonds. The van der Waals surface area contributed by atoms with Crippen molar-refractivity contribution in [2.75, 3.05) is 0 Å². The molecule has 33 heavy (non-hydrogen) atoms. The number of aryl methyl sites for hydroxylation is 2. The van der Waals surface area contributed by atoms with Crippen molar-refractivity contribution >= 4 is 23.2 Å². The third-order valence-electron chi connectivity index (χ3n) is 4.68. The van der Waals surface area contributed by atoms with Crippen LogP contribution < -0.4 is 0 Å². The Morgan fingerprint density at radius 2 is 1.67 bits per heavy atom. The maximum atomic E-state index is 11.5. The van der Waals surface area contributed by atoms with Gasteiger partial charge in [0.15, 0.2) is 5.65 Å². The first-order valence-electron chi connectivity index (χ1n) is 10.6. The van der Waals surface area contributed by atoms with Crippen LogP contribution in [0.4, 0.5) is 0 Å². The topological polar surface area (TPSA) is 87.7 Å². The summed E-state index contributed by atoms with van der Waals surface area (Å²) in [4.78, 5) is 16.1. The quantitative estimate of drug-likeness (QED) is 0.401. The highest BCUT2D eigenvalue weighted by Crippen LogP contribution is 2.30. The summed E-state index contributed by atoms with van der Waals surface area (Å²) in [6.07, 6.45) is -0.121. The van der Waals surface area contributed by atoms with E-state index in [1.165, 1.54) is 0 Å². The van der Waals surface area contributed by atoms with Crippen LogP contribution in [0, 0.1) is 13.8 Å². The summed E-state index contributed by atoms with van der Waals surface area (Å²) >= 11 is 6.13. The number of carboxylic acid groups (broad SMARTS) is 1. The average molecular weight is 466 g/mol. The summed E-state index contributed by atoms with van der Waals surface area (Å²) in [6.45, 7) is 9.08. The second-order valence-electron chi connectivity index (χ2n) is 8.94. The van der Waals surface area contributed by atoms with E-state index in [-0.39, 0.29) is 6.42 Å². The molecule has 4 aromatic rings. The van der Waals surface area contributed by atoms with E-state index in [0.717, 1.165) is 28.1 Å². The highest BCUT2D eigenvalue weighted by molar-refractivity contribution is 6.30. The number of aliphatic hydroxyl groups is 1. The van der Waals surface area contributed by atoms with Crippen molar-refractivity contribution < 1.29 is 15.0 Å². The van der Waals surface area contributed by atoms with Crippen LogP contribution in [0.25, 0.3) is 28.2 Å². The molecule has 7 heteroatoms. The molecule has 0 saturated heterocycles. The number of fused-ring (bicyclic) bond motifs is 1. The Bertz CT molecular complexity index is 1280. The molecule has 4 rings (SSSR count). The van der Waals surface area contributed by atoms with Gasteiger partial charge >= 0.3 is 5.97 Å². The summed E-state index contributed by atoms with van der Waals surface area (Å²) in [5.74, 6) is -0.903. The summed E-state index contributed by atoms with van der Waals surface area (Å²) in [6, 6.07) is 17.3. The monoisotopic (exact) mass is 465 g/mol. The molecule has 0 spiro atoms. The van der Waals surface area contributed by atoms with Crippen LogP contribution in [0.15, 0.2) is 54.6 Å². The molecule has 2 heterocycles. The molecule has 2 aromatic heterocycles. The zero-order valence-corrected chi connectivity index (χ0v) is 20.2. The van der Waals surface area contributed by atoms with E-state index in [2.05, 4.69) is 4.98 Å². The van der Waals surface area contributed by atoms with Crippen LogP contribution >= 0.6 is 11.6 Å². The summed E-state index contributed by atoms with van der Waals surface area (Å²) < 4.78 is 1.73. The Labute approximate surface area is 198 Å². The average Bonchev–Trinajstić information content (AvgIpc) is 3.11. The normalized spacial score (nSPS) is 11.2. The Morgan fingerprint density at radius 1 is 1.03 bits per heavy atom. The number of halogens is 1. The largest absolute Gasteiger partial charge is 0.481 e.